The van der Waals surface area contributed by atoms with E-state index in [4.69, 9.17) is 18.5 Å². The third-order valence-corrected chi connectivity index (χ3v) is 10.1. The van der Waals surface area contributed by atoms with Crippen molar-refractivity contribution >= 4 is 19.8 Å². The molecule has 0 aromatic carbocycles. The van der Waals surface area contributed by atoms with Gasteiger partial charge in [-0.1, -0.05) is 133 Å². The number of hydrogen-bond acceptors (Lipinski definition) is 7. The highest BCUT2D eigenvalue weighted by Crippen LogP contribution is 2.43. The lowest BCUT2D eigenvalue weighted by Gasteiger charge is -2.24. The number of nitrogens with zero attached hydrogens (tertiary/aromatic N) is 1. The summed E-state index contributed by atoms with van der Waals surface area (Å²) in [6, 6.07) is 0. The van der Waals surface area contributed by atoms with E-state index in [1.165, 1.54) is 64.2 Å². The monoisotopic (exact) mass is 797 g/mol. The van der Waals surface area contributed by atoms with Gasteiger partial charge in [0.05, 0.1) is 27.7 Å². The average Bonchev–Trinajstić information content (AvgIpc) is 3.13. The second-order valence-corrected chi connectivity index (χ2v) is 17.2. The van der Waals surface area contributed by atoms with Gasteiger partial charge in [-0.25, -0.2) is 4.57 Å². The zero-order valence-corrected chi connectivity index (χ0v) is 36.8. The normalized spacial score (nSPS) is 14.1. The number of carbonyl (C=O) groups excluding carboxylic acids is 2. The van der Waals surface area contributed by atoms with Crippen molar-refractivity contribution in [1.82, 2.24) is 0 Å². The van der Waals surface area contributed by atoms with Crippen molar-refractivity contribution in [3.8, 4) is 0 Å². The van der Waals surface area contributed by atoms with Gasteiger partial charge in [0.1, 0.15) is 19.8 Å². The summed E-state index contributed by atoms with van der Waals surface area (Å²) in [4.78, 5) is 35.3. The summed E-state index contributed by atoms with van der Waals surface area (Å²) in [6.07, 6.45) is 42.9. The average molecular weight is 797 g/mol. The molecule has 0 amide bonds. The number of rotatable bonds is 39. The molecular weight excluding hydrogens is 713 g/mol. The molecule has 0 heterocycles. The molecule has 0 rings (SSSR count). The minimum absolute atomic E-state index is 0.0244. The summed E-state index contributed by atoms with van der Waals surface area (Å²) in [6.45, 7) is 4.34. The zero-order chi connectivity index (χ0) is 40.7. The molecule has 0 fully saturated rings. The van der Waals surface area contributed by atoms with Crippen molar-refractivity contribution in [3.63, 3.8) is 0 Å². The maximum atomic E-state index is 12.7. The maximum absolute atomic E-state index is 12.7. The molecule has 0 bridgehead atoms. The number of hydrogen-bond donors (Lipinski definition) is 1. The molecule has 0 spiro atoms. The highest BCUT2D eigenvalue weighted by Gasteiger charge is 2.27. The molecule has 0 aliphatic rings. The van der Waals surface area contributed by atoms with Crippen LogP contribution in [0.3, 0.4) is 0 Å². The number of quaternary nitrogens is 1. The Morgan fingerprint density at radius 1 is 0.564 bits per heavy atom. The quantitative estimate of drug-likeness (QED) is 0.0215. The molecule has 1 unspecified atom stereocenters. The van der Waals surface area contributed by atoms with E-state index in [2.05, 4.69) is 62.5 Å². The molecular formula is C45H83NO8P+. The van der Waals surface area contributed by atoms with Crippen LogP contribution in [0.1, 0.15) is 174 Å². The Labute approximate surface area is 337 Å². The molecule has 10 heteroatoms. The van der Waals surface area contributed by atoms with Gasteiger partial charge in [-0.15, -0.1) is 0 Å². The van der Waals surface area contributed by atoms with Crippen LogP contribution in [0.15, 0.2) is 48.6 Å². The lowest BCUT2D eigenvalue weighted by atomic mass is 10.1. The Morgan fingerprint density at radius 2 is 0.982 bits per heavy atom. The second kappa shape index (κ2) is 37.5. The molecule has 0 aliphatic heterocycles. The van der Waals surface area contributed by atoms with Crippen molar-refractivity contribution in [3.05, 3.63) is 48.6 Å². The SMILES string of the molecule is CCCCC/C=C\C/C=C\C/C=C\CCCCCCC(=O)O[C@H](COC(=O)CCCCCCC/C=C\CCCCCCC)COP(=O)(O)OCC[N+](C)(C)C. The lowest BCUT2D eigenvalue weighted by molar-refractivity contribution is -0.870. The van der Waals surface area contributed by atoms with Crippen LogP contribution >= 0.6 is 7.82 Å². The topological polar surface area (TPSA) is 108 Å². The van der Waals surface area contributed by atoms with Crippen LogP contribution in [0.2, 0.25) is 0 Å². The Bertz CT molecular complexity index is 1080. The maximum Gasteiger partial charge on any atom is 0.472 e. The van der Waals surface area contributed by atoms with Gasteiger partial charge < -0.3 is 18.9 Å². The Kier molecular flexibility index (Phi) is 36.2. The summed E-state index contributed by atoms with van der Waals surface area (Å²) in [5, 5.41) is 0. The van der Waals surface area contributed by atoms with E-state index in [1.54, 1.807) is 0 Å². The molecule has 55 heavy (non-hydrogen) atoms. The van der Waals surface area contributed by atoms with E-state index in [1.807, 2.05) is 21.1 Å². The minimum atomic E-state index is -4.38. The Morgan fingerprint density at radius 3 is 1.51 bits per heavy atom. The van der Waals surface area contributed by atoms with Crippen LogP contribution < -0.4 is 0 Å². The summed E-state index contributed by atoms with van der Waals surface area (Å²) in [7, 11) is 1.45. The third kappa shape index (κ3) is 41.4. The van der Waals surface area contributed by atoms with Gasteiger partial charge in [0.15, 0.2) is 6.10 Å². The van der Waals surface area contributed by atoms with Gasteiger partial charge in [0.25, 0.3) is 0 Å². The molecule has 0 aromatic heterocycles. The fraction of sp³-hybridized carbons (Fsp3) is 0.778. The van der Waals surface area contributed by atoms with Crippen LogP contribution in [0.5, 0.6) is 0 Å². The standard InChI is InChI=1S/C45H82NO8P/c1-6-8-10-12-14-16-18-20-22-23-24-26-28-30-32-34-36-38-45(48)54-43(42-53-55(49,50)52-40-39-46(3,4)5)41-51-44(47)37-35-33-31-29-27-25-21-19-17-15-13-11-9-7-2/h14,16,19-22,24,26,43H,6-13,15,17-18,23,25,27-42H2,1-5H3/p+1/b16-14-,21-19-,22-20-,26-24-/t43-/m1/s1. The number of likely N-dealkylation sites (N-methyl/N-ethyl adjacent to an activating group) is 1. The molecule has 320 valence electrons. The van der Waals surface area contributed by atoms with Crippen LogP contribution in [-0.4, -0.2) is 74.9 Å². The fourth-order valence-electron chi connectivity index (χ4n) is 5.60. The first kappa shape index (κ1) is 53.0. The van der Waals surface area contributed by atoms with Crippen molar-refractivity contribution in [1.29, 1.82) is 0 Å². The van der Waals surface area contributed by atoms with Crippen LogP contribution in [0, 0.1) is 0 Å². The van der Waals surface area contributed by atoms with Crippen LogP contribution in [-0.2, 0) is 32.7 Å². The molecule has 1 N–H and O–H groups in total. The first-order valence-corrected chi connectivity index (χ1v) is 23.4. The number of phosphoric ester groups is 1. The highest BCUT2D eigenvalue weighted by molar-refractivity contribution is 7.47. The summed E-state index contributed by atoms with van der Waals surface area (Å²) < 4.78 is 34.3. The van der Waals surface area contributed by atoms with Gasteiger partial charge in [0.2, 0.25) is 0 Å². The predicted molar refractivity (Wildman–Crippen MR) is 229 cm³/mol. The molecule has 0 saturated carbocycles. The van der Waals surface area contributed by atoms with Gasteiger partial charge in [-0.2, -0.15) is 0 Å². The molecule has 0 aliphatic carbocycles. The van der Waals surface area contributed by atoms with Crippen molar-refractivity contribution < 1.29 is 42.1 Å². The van der Waals surface area contributed by atoms with Gasteiger partial charge >= 0.3 is 19.8 Å². The lowest BCUT2D eigenvalue weighted by Crippen LogP contribution is -2.37. The van der Waals surface area contributed by atoms with Gasteiger partial charge in [-0.05, 0) is 77.0 Å². The van der Waals surface area contributed by atoms with Gasteiger partial charge in [-0.3, -0.25) is 18.6 Å². The van der Waals surface area contributed by atoms with Crippen molar-refractivity contribution in [2.75, 3.05) is 47.5 Å². The Balaban J connectivity index is 4.43. The molecule has 0 saturated heterocycles. The number of phosphoric acid groups is 1. The highest BCUT2D eigenvalue weighted by atomic mass is 31.2. The molecule has 9 nitrogen and oxygen atoms in total. The second-order valence-electron chi connectivity index (χ2n) is 15.7. The van der Waals surface area contributed by atoms with Crippen LogP contribution in [0.4, 0.5) is 0 Å². The number of esters is 2. The molecule has 2 atom stereocenters. The molecule has 0 radical (unpaired) electrons. The first-order chi connectivity index (χ1) is 26.5. The predicted octanol–water partition coefficient (Wildman–Crippen LogP) is 12.3. The van der Waals surface area contributed by atoms with E-state index >= 15 is 0 Å². The largest absolute Gasteiger partial charge is 0.472 e. The van der Waals surface area contributed by atoms with E-state index in [-0.39, 0.29) is 32.0 Å². The van der Waals surface area contributed by atoms with E-state index in [0.717, 1.165) is 77.0 Å². The third-order valence-electron chi connectivity index (χ3n) is 9.08. The number of unbranched alkanes of at least 4 members (excludes halogenated alkanes) is 17. The Hall–Kier alpha value is -2.03. The van der Waals surface area contributed by atoms with Gasteiger partial charge in [0, 0.05) is 12.8 Å². The van der Waals surface area contributed by atoms with Crippen LogP contribution in [0.25, 0.3) is 0 Å². The zero-order valence-electron chi connectivity index (χ0n) is 35.9. The summed E-state index contributed by atoms with van der Waals surface area (Å²) in [5.74, 6) is -0.836. The van der Waals surface area contributed by atoms with Crippen molar-refractivity contribution in [2.24, 2.45) is 0 Å². The number of carbonyl (C=O) groups is 2. The smallest absolute Gasteiger partial charge is 0.462 e. The fourth-order valence-corrected chi connectivity index (χ4v) is 6.34. The van der Waals surface area contributed by atoms with Crippen molar-refractivity contribution in [2.45, 2.75) is 180 Å². The summed E-state index contributed by atoms with van der Waals surface area (Å²) in [5.41, 5.74) is 0. The minimum Gasteiger partial charge on any atom is -0.462 e. The molecule has 0 aromatic rings. The number of ether oxygens (including phenoxy) is 2. The summed E-state index contributed by atoms with van der Waals surface area (Å²) >= 11 is 0. The van der Waals surface area contributed by atoms with E-state index in [9.17, 15) is 19.0 Å². The van der Waals surface area contributed by atoms with E-state index in [0.29, 0.717) is 17.4 Å². The number of allylic oxidation sites excluding steroid dienone is 8. The first-order valence-electron chi connectivity index (χ1n) is 21.9. The van der Waals surface area contributed by atoms with E-state index < -0.39 is 26.5 Å².